The van der Waals surface area contributed by atoms with Crippen molar-refractivity contribution in [2.45, 2.75) is 13.5 Å². The van der Waals surface area contributed by atoms with Crippen molar-refractivity contribution < 1.29 is 14.1 Å². The number of nitrogens with zero attached hydrogens (tertiary/aromatic N) is 2. The van der Waals surface area contributed by atoms with Gasteiger partial charge in [0.1, 0.15) is 11.5 Å². The highest BCUT2D eigenvalue weighted by Crippen LogP contribution is 2.23. The summed E-state index contributed by atoms with van der Waals surface area (Å²) in [6, 6.07) is 8.83. The lowest BCUT2D eigenvalue weighted by atomic mass is 10.1. The molecule has 0 unspecified atom stereocenters. The minimum absolute atomic E-state index is 0.218. The molecule has 8 nitrogen and oxygen atoms in total. The first kappa shape index (κ1) is 16.7. The van der Waals surface area contributed by atoms with Crippen LogP contribution in [0.4, 0.5) is 5.00 Å². The molecule has 0 aliphatic heterocycles. The molecule has 0 aliphatic carbocycles. The summed E-state index contributed by atoms with van der Waals surface area (Å²) in [4.78, 5) is 35.5. The molecule has 25 heavy (non-hydrogen) atoms. The molecule has 2 aromatic heterocycles. The second kappa shape index (κ2) is 6.73. The predicted octanol–water partition coefficient (Wildman–Crippen LogP) is 1.61. The van der Waals surface area contributed by atoms with E-state index in [-0.39, 0.29) is 17.9 Å². The third kappa shape index (κ3) is 3.36. The SMILES string of the molecule is Cc1ccccc1-c1noc(=O)n1CC(=O)Nc1sccc1C(N)=O. The first-order valence-corrected chi connectivity index (χ1v) is 8.15. The van der Waals surface area contributed by atoms with Crippen LogP contribution >= 0.6 is 11.3 Å². The van der Waals surface area contributed by atoms with Crippen LogP contribution in [0.1, 0.15) is 15.9 Å². The Hall–Kier alpha value is -3.20. The molecule has 0 bridgehead atoms. The summed E-state index contributed by atoms with van der Waals surface area (Å²) in [7, 11) is 0. The highest BCUT2D eigenvalue weighted by Gasteiger charge is 2.18. The highest BCUT2D eigenvalue weighted by atomic mass is 32.1. The van der Waals surface area contributed by atoms with Crippen molar-refractivity contribution in [2.75, 3.05) is 5.32 Å². The molecule has 0 saturated carbocycles. The van der Waals surface area contributed by atoms with E-state index in [0.29, 0.717) is 10.6 Å². The second-order valence-electron chi connectivity index (χ2n) is 5.25. The summed E-state index contributed by atoms with van der Waals surface area (Å²) in [6.45, 7) is 1.56. The summed E-state index contributed by atoms with van der Waals surface area (Å²) in [6.07, 6.45) is 0. The van der Waals surface area contributed by atoms with Crippen molar-refractivity contribution in [3.05, 3.63) is 57.4 Å². The quantitative estimate of drug-likeness (QED) is 0.718. The minimum atomic E-state index is -0.741. The van der Waals surface area contributed by atoms with Crippen molar-refractivity contribution >= 4 is 28.2 Å². The van der Waals surface area contributed by atoms with Gasteiger partial charge in [0.2, 0.25) is 5.91 Å². The van der Waals surface area contributed by atoms with Crippen LogP contribution in [0.3, 0.4) is 0 Å². The monoisotopic (exact) mass is 358 g/mol. The van der Waals surface area contributed by atoms with E-state index >= 15 is 0 Å². The Labute approximate surface area is 145 Å². The zero-order chi connectivity index (χ0) is 18.0. The number of thiophene rings is 1. The average Bonchev–Trinajstić information content (AvgIpc) is 3.16. The number of primary amides is 1. The van der Waals surface area contributed by atoms with E-state index in [1.165, 1.54) is 17.4 Å². The van der Waals surface area contributed by atoms with Crippen LogP contribution in [0, 0.1) is 6.92 Å². The van der Waals surface area contributed by atoms with Gasteiger partial charge in [0.05, 0.1) is 5.56 Å². The van der Waals surface area contributed by atoms with Crippen molar-refractivity contribution in [2.24, 2.45) is 5.73 Å². The summed E-state index contributed by atoms with van der Waals surface area (Å²) in [5.41, 5.74) is 7.04. The molecule has 9 heteroatoms. The van der Waals surface area contributed by atoms with E-state index in [2.05, 4.69) is 10.5 Å². The lowest BCUT2D eigenvalue weighted by molar-refractivity contribution is -0.116. The number of benzene rings is 1. The van der Waals surface area contributed by atoms with Gasteiger partial charge in [0.25, 0.3) is 5.91 Å². The van der Waals surface area contributed by atoms with Crippen LogP contribution in [-0.2, 0) is 11.3 Å². The molecule has 0 radical (unpaired) electrons. The number of nitrogens with two attached hydrogens (primary N) is 1. The van der Waals surface area contributed by atoms with E-state index in [9.17, 15) is 14.4 Å². The molecule has 0 aliphatic rings. The number of nitrogens with one attached hydrogen (secondary N) is 1. The van der Waals surface area contributed by atoms with Gasteiger partial charge in [-0.05, 0) is 23.9 Å². The number of hydrogen-bond acceptors (Lipinski definition) is 6. The largest absolute Gasteiger partial charge is 0.442 e. The Morgan fingerprint density at radius 3 is 2.80 bits per heavy atom. The predicted molar refractivity (Wildman–Crippen MR) is 92.4 cm³/mol. The molecule has 0 saturated heterocycles. The molecule has 2 amide bonds. The normalized spacial score (nSPS) is 10.6. The van der Waals surface area contributed by atoms with Gasteiger partial charge in [-0.25, -0.2) is 9.36 Å². The third-order valence-corrected chi connectivity index (χ3v) is 4.39. The Morgan fingerprint density at radius 1 is 1.32 bits per heavy atom. The van der Waals surface area contributed by atoms with Gasteiger partial charge in [-0.15, -0.1) is 11.3 Å². The van der Waals surface area contributed by atoms with Gasteiger partial charge < -0.3 is 11.1 Å². The van der Waals surface area contributed by atoms with Gasteiger partial charge in [0, 0.05) is 5.56 Å². The van der Waals surface area contributed by atoms with Gasteiger partial charge in [0.15, 0.2) is 5.82 Å². The maximum atomic E-state index is 12.3. The highest BCUT2D eigenvalue weighted by molar-refractivity contribution is 7.14. The Bertz CT molecular complexity index is 1000. The minimum Gasteiger partial charge on any atom is -0.366 e. The van der Waals surface area contributed by atoms with Gasteiger partial charge in [-0.2, -0.15) is 0 Å². The summed E-state index contributed by atoms with van der Waals surface area (Å²) < 4.78 is 5.84. The van der Waals surface area contributed by atoms with Crippen LogP contribution in [0.15, 0.2) is 45.0 Å². The fourth-order valence-electron chi connectivity index (χ4n) is 2.33. The first-order valence-electron chi connectivity index (χ1n) is 7.27. The zero-order valence-electron chi connectivity index (χ0n) is 13.2. The molecule has 1 aromatic carbocycles. The Balaban J connectivity index is 1.86. The summed E-state index contributed by atoms with van der Waals surface area (Å²) in [5.74, 6) is -1.61. The topological polar surface area (TPSA) is 120 Å². The number of aryl methyl sites for hydroxylation is 1. The van der Waals surface area contributed by atoms with E-state index in [1.807, 2.05) is 19.1 Å². The van der Waals surface area contributed by atoms with Crippen molar-refractivity contribution in [3.63, 3.8) is 0 Å². The fraction of sp³-hybridized carbons (Fsp3) is 0.125. The van der Waals surface area contributed by atoms with Gasteiger partial charge in [-0.3, -0.25) is 14.1 Å². The van der Waals surface area contributed by atoms with E-state index in [0.717, 1.165) is 10.1 Å². The molecule has 0 atom stereocenters. The van der Waals surface area contributed by atoms with Crippen LogP contribution in [-0.4, -0.2) is 21.5 Å². The van der Waals surface area contributed by atoms with Crippen molar-refractivity contribution in [1.82, 2.24) is 9.72 Å². The maximum Gasteiger partial charge on any atom is 0.442 e. The van der Waals surface area contributed by atoms with E-state index in [4.69, 9.17) is 10.3 Å². The molecule has 2 heterocycles. The number of hydrogen-bond donors (Lipinski definition) is 2. The molecule has 128 valence electrons. The van der Waals surface area contributed by atoms with Crippen molar-refractivity contribution in [1.29, 1.82) is 0 Å². The molecule has 3 N–H and O–H groups in total. The van der Waals surface area contributed by atoms with Crippen LogP contribution < -0.4 is 16.8 Å². The Morgan fingerprint density at radius 2 is 2.08 bits per heavy atom. The van der Waals surface area contributed by atoms with Crippen LogP contribution in [0.25, 0.3) is 11.4 Å². The molecule has 3 aromatic rings. The molecule has 0 fully saturated rings. The summed E-state index contributed by atoms with van der Waals surface area (Å²) in [5, 5.41) is 8.32. The molecule has 0 spiro atoms. The lowest BCUT2D eigenvalue weighted by Gasteiger charge is -2.07. The van der Waals surface area contributed by atoms with Crippen LogP contribution in [0.5, 0.6) is 0 Å². The number of rotatable bonds is 5. The molecular weight excluding hydrogens is 344 g/mol. The lowest BCUT2D eigenvalue weighted by Crippen LogP contribution is -2.26. The van der Waals surface area contributed by atoms with Crippen LogP contribution in [0.2, 0.25) is 0 Å². The number of carbonyl (C=O) groups is 2. The third-order valence-electron chi connectivity index (χ3n) is 3.56. The number of anilines is 1. The Kier molecular flexibility index (Phi) is 4.48. The second-order valence-corrected chi connectivity index (χ2v) is 6.17. The average molecular weight is 358 g/mol. The first-order chi connectivity index (χ1) is 12.0. The summed E-state index contributed by atoms with van der Waals surface area (Å²) >= 11 is 1.17. The number of aromatic nitrogens is 2. The fourth-order valence-corrected chi connectivity index (χ4v) is 3.14. The standard InChI is InChI=1S/C16H14N4O4S/c1-9-4-2-3-5-10(9)14-19-24-16(23)20(14)8-12(21)18-15-11(13(17)22)6-7-25-15/h2-7H,8H2,1H3,(H2,17,22)(H,18,21). The number of amides is 2. The number of carbonyl (C=O) groups excluding carboxylic acids is 2. The van der Waals surface area contributed by atoms with E-state index in [1.54, 1.807) is 17.5 Å². The smallest absolute Gasteiger partial charge is 0.366 e. The zero-order valence-corrected chi connectivity index (χ0v) is 14.0. The maximum absolute atomic E-state index is 12.3. The van der Waals surface area contributed by atoms with E-state index < -0.39 is 17.6 Å². The van der Waals surface area contributed by atoms with Crippen molar-refractivity contribution in [3.8, 4) is 11.4 Å². The van der Waals surface area contributed by atoms with Gasteiger partial charge in [-0.1, -0.05) is 29.4 Å². The molecule has 3 rings (SSSR count). The van der Waals surface area contributed by atoms with Gasteiger partial charge >= 0.3 is 5.76 Å². The molecular formula is C16H14N4O4S.